The fraction of sp³-hybridized carbons (Fsp3) is 0.160. The van der Waals surface area contributed by atoms with Gasteiger partial charge in [-0.2, -0.15) is 0 Å². The molecule has 3 aromatic rings. The highest BCUT2D eigenvalue weighted by atomic mass is 16.5. The Morgan fingerprint density at radius 3 is 1.97 bits per heavy atom. The second kappa shape index (κ2) is 10.3. The standard InChI is InChI=1S/C25H24N2O5/c1-16(15-17-3-13-22(32-2)14-4-17)26-24(30)25(31)27-20-9-5-18(6-10-20)23(29)19-7-11-21(28)12-8-19/h3-14,16,28H,15H2,1-2H3,(H,26,30)(H,27,31). The molecule has 32 heavy (non-hydrogen) atoms. The third-order valence-corrected chi connectivity index (χ3v) is 4.82. The zero-order chi connectivity index (χ0) is 23.1. The average Bonchev–Trinajstić information content (AvgIpc) is 2.80. The minimum atomic E-state index is -0.788. The van der Waals surface area contributed by atoms with Gasteiger partial charge in [0.25, 0.3) is 0 Å². The first kappa shape index (κ1) is 22.6. The summed E-state index contributed by atoms with van der Waals surface area (Å²) in [6, 6.07) is 19.4. The van der Waals surface area contributed by atoms with Gasteiger partial charge in [0, 0.05) is 22.9 Å². The van der Waals surface area contributed by atoms with Gasteiger partial charge in [-0.05, 0) is 79.6 Å². The van der Waals surface area contributed by atoms with E-state index < -0.39 is 11.8 Å². The summed E-state index contributed by atoms with van der Waals surface area (Å²) >= 11 is 0. The van der Waals surface area contributed by atoms with Crippen molar-refractivity contribution in [2.24, 2.45) is 0 Å². The summed E-state index contributed by atoms with van der Waals surface area (Å²) in [5.74, 6) is -0.913. The van der Waals surface area contributed by atoms with Crippen LogP contribution in [0.4, 0.5) is 5.69 Å². The van der Waals surface area contributed by atoms with E-state index in [1.807, 2.05) is 31.2 Å². The quantitative estimate of drug-likeness (QED) is 0.392. The lowest BCUT2D eigenvalue weighted by Gasteiger charge is -2.14. The van der Waals surface area contributed by atoms with Gasteiger partial charge in [-0.25, -0.2) is 0 Å². The molecule has 0 saturated carbocycles. The summed E-state index contributed by atoms with van der Waals surface area (Å²) in [5.41, 5.74) is 2.26. The first-order valence-corrected chi connectivity index (χ1v) is 10.0. The van der Waals surface area contributed by atoms with Gasteiger partial charge in [0.1, 0.15) is 11.5 Å². The Bertz CT molecular complexity index is 1090. The molecule has 3 aromatic carbocycles. The molecule has 3 N–H and O–H groups in total. The maximum absolute atomic E-state index is 12.5. The van der Waals surface area contributed by atoms with Gasteiger partial charge in [0.2, 0.25) is 0 Å². The van der Waals surface area contributed by atoms with Crippen molar-refractivity contribution >= 4 is 23.3 Å². The molecule has 3 rings (SSSR count). The normalized spacial score (nSPS) is 11.3. The third-order valence-electron chi connectivity index (χ3n) is 4.82. The number of aromatic hydroxyl groups is 1. The van der Waals surface area contributed by atoms with Gasteiger partial charge in [0.05, 0.1) is 7.11 Å². The summed E-state index contributed by atoms with van der Waals surface area (Å²) < 4.78 is 5.12. The van der Waals surface area contributed by atoms with Crippen molar-refractivity contribution in [2.75, 3.05) is 12.4 Å². The minimum Gasteiger partial charge on any atom is -0.508 e. The van der Waals surface area contributed by atoms with E-state index in [-0.39, 0.29) is 17.6 Å². The zero-order valence-electron chi connectivity index (χ0n) is 17.8. The zero-order valence-corrected chi connectivity index (χ0v) is 17.8. The molecule has 7 nitrogen and oxygen atoms in total. The summed E-state index contributed by atoms with van der Waals surface area (Å²) in [7, 11) is 1.59. The van der Waals surface area contributed by atoms with Crippen molar-refractivity contribution in [2.45, 2.75) is 19.4 Å². The number of rotatable bonds is 7. The van der Waals surface area contributed by atoms with Crippen molar-refractivity contribution in [3.8, 4) is 11.5 Å². The molecule has 1 atom stereocenters. The smallest absolute Gasteiger partial charge is 0.313 e. The van der Waals surface area contributed by atoms with Crippen molar-refractivity contribution in [1.82, 2.24) is 5.32 Å². The molecule has 0 spiro atoms. The Balaban J connectivity index is 1.53. The Kier molecular flexibility index (Phi) is 7.23. The van der Waals surface area contributed by atoms with Gasteiger partial charge >= 0.3 is 11.8 Å². The van der Waals surface area contributed by atoms with Crippen LogP contribution in [-0.2, 0) is 16.0 Å². The van der Waals surface area contributed by atoms with Gasteiger partial charge in [-0.1, -0.05) is 12.1 Å². The van der Waals surface area contributed by atoms with E-state index >= 15 is 0 Å². The minimum absolute atomic E-state index is 0.0798. The number of methoxy groups -OCH3 is 1. The Morgan fingerprint density at radius 2 is 1.41 bits per heavy atom. The van der Waals surface area contributed by atoms with Gasteiger partial charge in [-0.15, -0.1) is 0 Å². The van der Waals surface area contributed by atoms with Crippen LogP contribution in [0.3, 0.4) is 0 Å². The first-order chi connectivity index (χ1) is 15.4. The monoisotopic (exact) mass is 432 g/mol. The molecule has 0 bridgehead atoms. The van der Waals surface area contributed by atoms with Crippen molar-refractivity contribution in [3.63, 3.8) is 0 Å². The van der Waals surface area contributed by atoms with Crippen LogP contribution in [0.1, 0.15) is 28.4 Å². The topological polar surface area (TPSA) is 105 Å². The number of ether oxygens (including phenoxy) is 1. The second-order valence-corrected chi connectivity index (χ2v) is 7.33. The van der Waals surface area contributed by atoms with E-state index in [9.17, 15) is 19.5 Å². The fourth-order valence-electron chi connectivity index (χ4n) is 3.13. The van der Waals surface area contributed by atoms with Crippen LogP contribution in [0.5, 0.6) is 11.5 Å². The maximum atomic E-state index is 12.5. The van der Waals surface area contributed by atoms with E-state index in [4.69, 9.17) is 4.74 Å². The van der Waals surface area contributed by atoms with Crippen LogP contribution >= 0.6 is 0 Å². The first-order valence-electron chi connectivity index (χ1n) is 10.0. The fourth-order valence-corrected chi connectivity index (χ4v) is 3.13. The largest absolute Gasteiger partial charge is 0.508 e. The number of hydrogen-bond donors (Lipinski definition) is 3. The number of hydrogen-bond acceptors (Lipinski definition) is 5. The summed E-state index contributed by atoms with van der Waals surface area (Å²) in [6.45, 7) is 1.82. The van der Waals surface area contributed by atoms with E-state index in [0.717, 1.165) is 11.3 Å². The molecular weight excluding hydrogens is 408 g/mol. The van der Waals surface area contributed by atoms with Crippen LogP contribution in [0.2, 0.25) is 0 Å². The SMILES string of the molecule is COc1ccc(CC(C)NC(=O)C(=O)Nc2ccc(C(=O)c3ccc(O)cc3)cc2)cc1. The molecule has 2 amide bonds. The lowest BCUT2D eigenvalue weighted by atomic mass is 10.0. The van der Waals surface area contributed by atoms with Crippen LogP contribution in [0, 0.1) is 0 Å². The summed E-state index contributed by atoms with van der Waals surface area (Å²) in [5, 5.41) is 14.5. The third kappa shape index (κ3) is 5.95. The van der Waals surface area contributed by atoms with Crippen LogP contribution < -0.4 is 15.4 Å². The lowest BCUT2D eigenvalue weighted by Crippen LogP contribution is -2.41. The number of phenols is 1. The number of anilines is 1. The van der Waals surface area contributed by atoms with E-state index in [1.54, 1.807) is 31.4 Å². The second-order valence-electron chi connectivity index (χ2n) is 7.33. The van der Waals surface area contributed by atoms with Crippen LogP contribution in [-0.4, -0.2) is 35.9 Å². The van der Waals surface area contributed by atoms with E-state index in [0.29, 0.717) is 23.2 Å². The van der Waals surface area contributed by atoms with Gasteiger partial charge in [-0.3, -0.25) is 14.4 Å². The van der Waals surface area contributed by atoms with Crippen LogP contribution in [0.25, 0.3) is 0 Å². The predicted octanol–water partition coefficient (Wildman–Crippen LogP) is 3.32. The highest BCUT2D eigenvalue weighted by Gasteiger charge is 2.17. The number of carbonyl (C=O) groups is 3. The highest BCUT2D eigenvalue weighted by Crippen LogP contribution is 2.16. The maximum Gasteiger partial charge on any atom is 0.313 e. The molecule has 164 valence electrons. The average molecular weight is 432 g/mol. The van der Waals surface area contributed by atoms with E-state index in [1.165, 1.54) is 24.3 Å². The molecule has 0 aliphatic carbocycles. The molecule has 0 aliphatic heterocycles. The Hall–Kier alpha value is -4.13. The molecule has 1 unspecified atom stereocenters. The molecule has 0 saturated heterocycles. The van der Waals surface area contributed by atoms with Gasteiger partial charge < -0.3 is 20.5 Å². The molecule has 0 aromatic heterocycles. The van der Waals surface area contributed by atoms with Crippen molar-refractivity contribution in [3.05, 3.63) is 89.5 Å². The molecular formula is C25H24N2O5. The number of nitrogens with one attached hydrogen (secondary N) is 2. The van der Waals surface area contributed by atoms with E-state index in [2.05, 4.69) is 10.6 Å². The number of amides is 2. The van der Waals surface area contributed by atoms with Crippen LogP contribution in [0.15, 0.2) is 72.8 Å². The van der Waals surface area contributed by atoms with Gasteiger partial charge in [0.15, 0.2) is 5.78 Å². The number of carbonyl (C=O) groups excluding carboxylic acids is 3. The molecule has 7 heteroatoms. The Labute approximate surface area is 186 Å². The Morgan fingerprint density at radius 1 is 0.844 bits per heavy atom. The van der Waals surface area contributed by atoms with Crippen molar-refractivity contribution < 1.29 is 24.2 Å². The summed E-state index contributed by atoms with van der Waals surface area (Å²) in [6.07, 6.45) is 0.567. The van der Waals surface area contributed by atoms with Crippen molar-refractivity contribution in [1.29, 1.82) is 0 Å². The number of benzene rings is 3. The molecule has 0 heterocycles. The highest BCUT2D eigenvalue weighted by molar-refractivity contribution is 6.39. The summed E-state index contributed by atoms with van der Waals surface area (Å²) in [4.78, 5) is 36.9. The number of ketones is 1. The lowest BCUT2D eigenvalue weighted by molar-refractivity contribution is -0.136. The number of phenolic OH excluding ortho intramolecular Hbond substituents is 1. The molecule has 0 radical (unpaired) electrons. The predicted molar refractivity (Wildman–Crippen MR) is 121 cm³/mol. The molecule has 0 aliphatic rings. The molecule has 0 fully saturated rings.